The van der Waals surface area contributed by atoms with Gasteiger partial charge in [0.1, 0.15) is 29.1 Å². The van der Waals surface area contributed by atoms with Crippen molar-refractivity contribution < 1.29 is 28.5 Å². The van der Waals surface area contributed by atoms with Gasteiger partial charge < -0.3 is 26.0 Å². The number of nitrogens with two attached hydrogens (primary N) is 1. The minimum Gasteiger partial charge on any atom is -0.489 e. The number of amides is 1. The minimum atomic E-state index is -0.959. The summed E-state index contributed by atoms with van der Waals surface area (Å²) >= 11 is 1.95. The highest BCUT2D eigenvalue weighted by Gasteiger charge is 2.34. The summed E-state index contributed by atoms with van der Waals surface area (Å²) in [6.45, 7) is 0. The average molecular weight is 490 g/mol. The van der Waals surface area contributed by atoms with Crippen LogP contribution in [0, 0.1) is 15.2 Å². The van der Waals surface area contributed by atoms with Crippen molar-refractivity contribution in [3.05, 3.63) is 51.1 Å². The summed E-state index contributed by atoms with van der Waals surface area (Å²) in [6.07, 6.45) is -2.27. The molecule has 0 aromatic heterocycles. The Balaban J connectivity index is 1.96. The van der Waals surface area contributed by atoms with Crippen molar-refractivity contribution in [1.29, 1.82) is 0 Å². The van der Waals surface area contributed by atoms with E-state index in [-0.39, 0.29) is 35.5 Å². The lowest BCUT2D eigenvalue weighted by atomic mass is 10.1. The zero-order valence-corrected chi connectivity index (χ0v) is 16.1. The number of carbonyl (C=O) groups excluding carboxylic acids is 1. The van der Waals surface area contributed by atoms with Gasteiger partial charge in [0.15, 0.2) is 0 Å². The van der Waals surface area contributed by atoms with E-state index in [4.69, 9.17) is 10.5 Å². The van der Waals surface area contributed by atoms with Crippen molar-refractivity contribution in [3.63, 3.8) is 0 Å². The molecule has 1 fully saturated rings. The van der Waals surface area contributed by atoms with E-state index in [1.54, 1.807) is 6.07 Å². The molecule has 2 aromatic rings. The lowest BCUT2D eigenvalue weighted by molar-refractivity contribution is 0.0438. The van der Waals surface area contributed by atoms with E-state index in [0.717, 1.165) is 12.1 Å². The van der Waals surface area contributed by atoms with Gasteiger partial charge in [0.2, 0.25) is 0 Å². The molecule has 3 atom stereocenters. The Morgan fingerprint density at radius 2 is 1.81 bits per heavy atom. The smallest absolute Gasteiger partial charge is 0.254 e. The summed E-state index contributed by atoms with van der Waals surface area (Å²) in [5.74, 6) is -2.33. The Labute approximate surface area is 167 Å². The number of nitrogens with one attached hydrogen (secondary N) is 1. The lowest BCUT2D eigenvalue weighted by Crippen LogP contribution is -2.20. The fourth-order valence-corrected chi connectivity index (χ4v) is 3.44. The molecular weight excluding hydrogens is 473 g/mol. The number of benzene rings is 2. The van der Waals surface area contributed by atoms with Gasteiger partial charge in [-0.25, -0.2) is 8.78 Å². The van der Waals surface area contributed by atoms with Crippen LogP contribution in [0.5, 0.6) is 5.75 Å². The van der Waals surface area contributed by atoms with E-state index in [0.29, 0.717) is 3.57 Å². The third-order valence-corrected chi connectivity index (χ3v) is 4.93. The molecule has 5 N–H and O–H groups in total. The first-order valence-corrected chi connectivity index (χ1v) is 9.20. The van der Waals surface area contributed by atoms with E-state index in [1.807, 2.05) is 22.6 Å². The Kier molecular flexibility index (Phi) is 5.82. The first-order valence-electron chi connectivity index (χ1n) is 8.13. The minimum absolute atomic E-state index is 0.0428. The van der Waals surface area contributed by atoms with E-state index < -0.39 is 35.9 Å². The van der Waals surface area contributed by atoms with Crippen molar-refractivity contribution in [2.75, 3.05) is 5.32 Å². The molecule has 0 bridgehead atoms. The van der Waals surface area contributed by atoms with Crippen LogP contribution in [-0.2, 0) is 0 Å². The molecule has 0 spiro atoms. The van der Waals surface area contributed by atoms with Crippen LogP contribution in [0.4, 0.5) is 20.2 Å². The third-order valence-electron chi connectivity index (χ3n) is 4.26. The number of halogens is 3. The largest absolute Gasteiger partial charge is 0.489 e. The van der Waals surface area contributed by atoms with Crippen LogP contribution in [0.2, 0.25) is 0 Å². The van der Waals surface area contributed by atoms with E-state index in [9.17, 15) is 23.8 Å². The maximum absolute atomic E-state index is 14.1. The van der Waals surface area contributed by atoms with Crippen LogP contribution < -0.4 is 15.8 Å². The fourth-order valence-electron chi connectivity index (χ4n) is 2.99. The summed E-state index contributed by atoms with van der Waals surface area (Å²) in [6, 6.07) is 6.39. The SMILES string of the molecule is NC(=O)c1c(Nc2ccc(I)cc2F)cc(F)cc1O[C@H]1C[C@@H](O)[C@@H](O)C1. The van der Waals surface area contributed by atoms with Gasteiger partial charge in [0, 0.05) is 22.5 Å². The third kappa shape index (κ3) is 4.47. The topological polar surface area (TPSA) is 105 Å². The summed E-state index contributed by atoms with van der Waals surface area (Å²) in [7, 11) is 0. The Bertz CT molecular complexity index is 871. The Morgan fingerprint density at radius 3 is 2.41 bits per heavy atom. The summed E-state index contributed by atoms with van der Waals surface area (Å²) < 4.78 is 34.5. The monoisotopic (exact) mass is 490 g/mol. The van der Waals surface area contributed by atoms with Crippen LogP contribution in [0.15, 0.2) is 30.3 Å². The second-order valence-corrected chi connectivity index (χ2v) is 7.53. The summed E-state index contributed by atoms with van der Waals surface area (Å²) in [5.41, 5.74) is 5.29. The highest BCUT2D eigenvalue weighted by atomic mass is 127. The van der Waals surface area contributed by atoms with E-state index >= 15 is 0 Å². The molecule has 0 radical (unpaired) electrons. The number of rotatable bonds is 5. The second-order valence-electron chi connectivity index (χ2n) is 6.29. The predicted octanol–water partition coefficient (Wildman–Crippen LogP) is 2.67. The molecule has 3 rings (SSSR count). The van der Waals surface area contributed by atoms with Crippen molar-refractivity contribution in [3.8, 4) is 5.75 Å². The van der Waals surface area contributed by atoms with Crippen LogP contribution in [0.25, 0.3) is 0 Å². The average Bonchev–Trinajstić information content (AvgIpc) is 2.87. The molecule has 0 unspecified atom stereocenters. The molecule has 1 amide bonds. The van der Waals surface area contributed by atoms with Gasteiger partial charge in [-0.3, -0.25) is 4.79 Å². The second kappa shape index (κ2) is 7.95. The van der Waals surface area contributed by atoms with Gasteiger partial charge in [-0.2, -0.15) is 0 Å². The van der Waals surface area contributed by atoms with Gasteiger partial charge >= 0.3 is 0 Å². The molecule has 0 aliphatic heterocycles. The van der Waals surface area contributed by atoms with Gasteiger partial charge in [-0.05, 0) is 46.9 Å². The van der Waals surface area contributed by atoms with Gasteiger partial charge in [0.25, 0.3) is 5.91 Å². The van der Waals surface area contributed by atoms with Crippen LogP contribution in [0.3, 0.4) is 0 Å². The summed E-state index contributed by atoms with van der Waals surface area (Å²) in [4.78, 5) is 12.0. The quantitative estimate of drug-likeness (QED) is 0.483. The maximum atomic E-state index is 14.1. The molecule has 1 aliphatic rings. The van der Waals surface area contributed by atoms with Gasteiger partial charge in [0.05, 0.1) is 23.6 Å². The highest BCUT2D eigenvalue weighted by molar-refractivity contribution is 14.1. The van der Waals surface area contributed by atoms with Gasteiger partial charge in [-0.1, -0.05) is 0 Å². The Hall–Kier alpha value is -1.98. The number of anilines is 2. The molecule has 0 saturated heterocycles. The van der Waals surface area contributed by atoms with Crippen molar-refractivity contribution in [1.82, 2.24) is 0 Å². The highest BCUT2D eigenvalue weighted by Crippen LogP contribution is 2.34. The fraction of sp³-hybridized carbons (Fsp3) is 0.278. The van der Waals surface area contributed by atoms with E-state index in [2.05, 4.69) is 5.32 Å². The first-order chi connectivity index (χ1) is 12.7. The zero-order valence-electron chi connectivity index (χ0n) is 14.0. The molecular formula is C18H17F2IN2O4. The molecule has 27 heavy (non-hydrogen) atoms. The van der Waals surface area contributed by atoms with Crippen molar-refractivity contribution >= 4 is 39.9 Å². The number of ether oxygens (including phenoxy) is 1. The number of aliphatic hydroxyl groups is 2. The standard InChI is InChI=1S/C18H17F2IN2O4/c19-8-3-13(23-12-2-1-9(21)5-11(12)20)17(18(22)26)16(4-8)27-10-6-14(24)15(25)7-10/h1-5,10,14-15,23-25H,6-7H2,(H2,22,26)/t10-,14+,15-. The molecule has 144 valence electrons. The zero-order chi connectivity index (χ0) is 19.7. The maximum Gasteiger partial charge on any atom is 0.254 e. The number of hydrogen-bond donors (Lipinski definition) is 4. The molecule has 1 aliphatic carbocycles. The van der Waals surface area contributed by atoms with Crippen molar-refractivity contribution in [2.45, 2.75) is 31.2 Å². The van der Waals surface area contributed by atoms with Crippen LogP contribution in [0.1, 0.15) is 23.2 Å². The molecule has 6 nitrogen and oxygen atoms in total. The van der Waals surface area contributed by atoms with E-state index in [1.165, 1.54) is 12.1 Å². The number of aliphatic hydroxyl groups excluding tert-OH is 2. The molecule has 9 heteroatoms. The first kappa shape index (κ1) is 19.8. The van der Waals surface area contributed by atoms with Crippen LogP contribution in [-0.4, -0.2) is 34.4 Å². The normalized spacial score (nSPS) is 21.9. The Morgan fingerprint density at radius 1 is 1.15 bits per heavy atom. The predicted molar refractivity (Wildman–Crippen MR) is 103 cm³/mol. The van der Waals surface area contributed by atoms with Crippen molar-refractivity contribution in [2.24, 2.45) is 5.73 Å². The van der Waals surface area contributed by atoms with Crippen LogP contribution >= 0.6 is 22.6 Å². The molecule has 1 saturated carbocycles. The number of primary amides is 1. The molecule has 0 heterocycles. The number of carbonyl (C=O) groups is 1. The van der Waals surface area contributed by atoms with Gasteiger partial charge in [-0.15, -0.1) is 0 Å². The number of hydrogen-bond acceptors (Lipinski definition) is 5. The lowest BCUT2D eigenvalue weighted by Gasteiger charge is -2.19. The molecule has 2 aromatic carbocycles. The summed E-state index contributed by atoms with van der Waals surface area (Å²) in [5, 5.41) is 21.9.